The van der Waals surface area contributed by atoms with Gasteiger partial charge in [-0.15, -0.1) is 11.3 Å². The Hall–Kier alpha value is -1.80. The highest BCUT2D eigenvalue weighted by atomic mass is 32.1. The Bertz CT molecular complexity index is 579. The van der Waals surface area contributed by atoms with Crippen LogP contribution in [0.5, 0.6) is 0 Å². The molecule has 8 heteroatoms. The molecule has 3 heterocycles. The standard InChI is InChI=1S/C18H28N4O3S/c1-2-25-18(24)22-7-5-15(6-8-22)19-17(23)21-11-9-20(10-12-21)14-16-4-3-13-26-16/h3-4,13,15H,2,5-12,14H2,1H3,(H,19,23). The third-order valence-corrected chi connectivity index (χ3v) is 5.83. The van der Waals surface area contributed by atoms with E-state index in [0.717, 1.165) is 45.6 Å². The molecule has 1 aromatic heterocycles. The second kappa shape index (κ2) is 9.23. The molecular formula is C18H28N4O3S. The topological polar surface area (TPSA) is 65.1 Å². The highest BCUT2D eigenvalue weighted by Gasteiger charge is 2.27. The molecule has 0 radical (unpaired) electrons. The van der Waals surface area contributed by atoms with Gasteiger partial charge in [-0.3, -0.25) is 4.90 Å². The lowest BCUT2D eigenvalue weighted by Gasteiger charge is -2.37. The van der Waals surface area contributed by atoms with Gasteiger partial charge in [-0.25, -0.2) is 9.59 Å². The van der Waals surface area contributed by atoms with E-state index < -0.39 is 0 Å². The van der Waals surface area contributed by atoms with E-state index >= 15 is 0 Å². The zero-order chi connectivity index (χ0) is 18.4. The van der Waals surface area contributed by atoms with Crippen molar-refractivity contribution in [3.8, 4) is 0 Å². The maximum atomic E-state index is 12.5. The molecule has 1 N–H and O–H groups in total. The van der Waals surface area contributed by atoms with E-state index in [1.165, 1.54) is 4.88 Å². The van der Waals surface area contributed by atoms with Crippen LogP contribution in [-0.4, -0.2) is 78.7 Å². The summed E-state index contributed by atoms with van der Waals surface area (Å²) in [5.74, 6) is 0. The third kappa shape index (κ3) is 5.11. The molecule has 0 atom stereocenters. The number of carbonyl (C=O) groups excluding carboxylic acids is 2. The predicted molar refractivity (Wildman–Crippen MR) is 101 cm³/mol. The van der Waals surface area contributed by atoms with Gasteiger partial charge in [0.05, 0.1) is 6.61 Å². The number of thiophene rings is 1. The van der Waals surface area contributed by atoms with Crippen molar-refractivity contribution in [3.63, 3.8) is 0 Å². The molecule has 0 aliphatic carbocycles. The first-order valence-electron chi connectivity index (χ1n) is 9.37. The highest BCUT2D eigenvalue weighted by Crippen LogP contribution is 2.15. The van der Waals surface area contributed by atoms with Crippen molar-refractivity contribution < 1.29 is 14.3 Å². The Morgan fingerprint density at radius 3 is 2.50 bits per heavy atom. The molecule has 1 aromatic rings. The van der Waals surface area contributed by atoms with Crippen molar-refractivity contribution in [1.29, 1.82) is 0 Å². The van der Waals surface area contributed by atoms with Gasteiger partial charge in [-0.1, -0.05) is 6.07 Å². The summed E-state index contributed by atoms with van der Waals surface area (Å²) >= 11 is 1.78. The van der Waals surface area contributed by atoms with E-state index in [0.29, 0.717) is 19.7 Å². The lowest BCUT2D eigenvalue weighted by atomic mass is 10.1. The molecule has 2 aliphatic heterocycles. The number of urea groups is 1. The summed E-state index contributed by atoms with van der Waals surface area (Å²) in [6, 6.07) is 4.40. The number of nitrogens with zero attached hydrogens (tertiary/aromatic N) is 3. The molecule has 144 valence electrons. The zero-order valence-electron chi connectivity index (χ0n) is 15.4. The van der Waals surface area contributed by atoms with Crippen LogP contribution in [0.3, 0.4) is 0 Å². The number of rotatable bonds is 4. The third-order valence-electron chi connectivity index (χ3n) is 4.97. The lowest BCUT2D eigenvalue weighted by Crippen LogP contribution is -2.54. The summed E-state index contributed by atoms with van der Waals surface area (Å²) in [4.78, 5) is 31.6. The first-order chi connectivity index (χ1) is 12.7. The molecule has 2 aliphatic rings. The Morgan fingerprint density at radius 2 is 1.88 bits per heavy atom. The smallest absolute Gasteiger partial charge is 0.409 e. The van der Waals surface area contributed by atoms with Crippen molar-refractivity contribution in [1.82, 2.24) is 20.0 Å². The van der Waals surface area contributed by atoms with Crippen molar-refractivity contribution in [2.75, 3.05) is 45.9 Å². The molecule has 0 aromatic carbocycles. The van der Waals surface area contributed by atoms with E-state index in [9.17, 15) is 9.59 Å². The van der Waals surface area contributed by atoms with Gasteiger partial charge in [-0.05, 0) is 31.2 Å². The van der Waals surface area contributed by atoms with E-state index in [4.69, 9.17) is 4.74 Å². The van der Waals surface area contributed by atoms with Crippen molar-refractivity contribution in [2.45, 2.75) is 32.4 Å². The fraction of sp³-hybridized carbons (Fsp3) is 0.667. The molecule has 3 rings (SSSR count). The van der Waals surface area contributed by atoms with Gasteiger partial charge in [0, 0.05) is 56.7 Å². The van der Waals surface area contributed by atoms with Gasteiger partial charge in [0.1, 0.15) is 0 Å². The monoisotopic (exact) mass is 380 g/mol. The van der Waals surface area contributed by atoms with Crippen molar-refractivity contribution in [3.05, 3.63) is 22.4 Å². The summed E-state index contributed by atoms with van der Waals surface area (Å²) < 4.78 is 5.03. The highest BCUT2D eigenvalue weighted by molar-refractivity contribution is 7.09. The van der Waals surface area contributed by atoms with Gasteiger partial charge in [0.2, 0.25) is 0 Å². The normalized spacial score (nSPS) is 19.4. The van der Waals surface area contributed by atoms with Crippen LogP contribution < -0.4 is 5.32 Å². The van der Waals surface area contributed by atoms with Crippen molar-refractivity contribution >= 4 is 23.5 Å². The summed E-state index contributed by atoms with van der Waals surface area (Å²) in [6.07, 6.45) is 1.31. The number of amides is 3. The molecule has 0 spiro atoms. The number of piperidine rings is 1. The Balaban J connectivity index is 1.36. The first-order valence-corrected chi connectivity index (χ1v) is 10.3. The quantitative estimate of drug-likeness (QED) is 0.870. The van der Waals surface area contributed by atoms with Crippen LogP contribution in [0.15, 0.2) is 17.5 Å². The number of likely N-dealkylation sites (tertiary alicyclic amines) is 1. The van der Waals surface area contributed by atoms with E-state index in [2.05, 4.69) is 27.7 Å². The van der Waals surface area contributed by atoms with Gasteiger partial charge >= 0.3 is 12.1 Å². The average Bonchev–Trinajstić information content (AvgIpc) is 3.16. The minimum Gasteiger partial charge on any atom is -0.450 e. The Kier molecular flexibility index (Phi) is 6.73. The van der Waals surface area contributed by atoms with Gasteiger partial charge in [0.25, 0.3) is 0 Å². The van der Waals surface area contributed by atoms with Crippen molar-refractivity contribution in [2.24, 2.45) is 0 Å². The molecule has 7 nitrogen and oxygen atoms in total. The van der Waals surface area contributed by atoms with E-state index in [1.54, 1.807) is 16.2 Å². The van der Waals surface area contributed by atoms with Gasteiger partial charge in [-0.2, -0.15) is 0 Å². The zero-order valence-corrected chi connectivity index (χ0v) is 16.2. The molecule has 0 bridgehead atoms. The molecule has 0 unspecified atom stereocenters. The molecule has 26 heavy (non-hydrogen) atoms. The molecule has 0 saturated carbocycles. The Morgan fingerprint density at radius 1 is 1.15 bits per heavy atom. The number of nitrogens with one attached hydrogen (secondary N) is 1. The second-order valence-electron chi connectivity index (χ2n) is 6.75. The van der Waals surface area contributed by atoms with Gasteiger partial charge in [0.15, 0.2) is 0 Å². The maximum Gasteiger partial charge on any atom is 0.409 e. The second-order valence-corrected chi connectivity index (χ2v) is 7.78. The molecule has 3 amide bonds. The van der Waals surface area contributed by atoms with E-state index in [-0.39, 0.29) is 18.2 Å². The SMILES string of the molecule is CCOC(=O)N1CCC(NC(=O)N2CCN(Cc3cccs3)CC2)CC1. The summed E-state index contributed by atoms with van der Waals surface area (Å²) in [7, 11) is 0. The number of hydrogen-bond donors (Lipinski definition) is 1. The maximum absolute atomic E-state index is 12.5. The van der Waals surface area contributed by atoms with Crippen LogP contribution in [0.1, 0.15) is 24.6 Å². The summed E-state index contributed by atoms with van der Waals surface area (Å²) in [5, 5.41) is 5.24. The molecular weight excluding hydrogens is 352 g/mol. The number of carbonyl (C=O) groups is 2. The van der Waals surface area contributed by atoms with Crippen LogP contribution >= 0.6 is 11.3 Å². The predicted octanol–water partition coefficient (Wildman–Crippen LogP) is 2.20. The summed E-state index contributed by atoms with van der Waals surface area (Å²) in [6.45, 7) is 7.80. The van der Waals surface area contributed by atoms with Gasteiger partial charge < -0.3 is 19.9 Å². The van der Waals surface area contributed by atoms with Crippen LogP contribution in [0.4, 0.5) is 9.59 Å². The minimum atomic E-state index is -0.251. The van der Waals surface area contributed by atoms with E-state index in [1.807, 2.05) is 11.8 Å². The first kappa shape index (κ1) is 19.0. The largest absolute Gasteiger partial charge is 0.450 e. The average molecular weight is 381 g/mol. The van der Waals surface area contributed by atoms with Crippen LogP contribution in [0.25, 0.3) is 0 Å². The molecule has 2 saturated heterocycles. The van der Waals surface area contributed by atoms with Crippen LogP contribution in [0, 0.1) is 0 Å². The number of ether oxygens (including phenoxy) is 1. The summed E-state index contributed by atoms with van der Waals surface area (Å²) in [5.41, 5.74) is 0. The molecule has 2 fully saturated rings. The van der Waals surface area contributed by atoms with Crippen LogP contribution in [0.2, 0.25) is 0 Å². The van der Waals surface area contributed by atoms with Crippen LogP contribution in [-0.2, 0) is 11.3 Å². The Labute approximate surface area is 158 Å². The fourth-order valence-corrected chi connectivity index (χ4v) is 4.17. The number of hydrogen-bond acceptors (Lipinski definition) is 5. The number of piperazine rings is 1. The lowest BCUT2D eigenvalue weighted by molar-refractivity contribution is 0.0940. The fourth-order valence-electron chi connectivity index (χ4n) is 3.42. The minimum absolute atomic E-state index is 0.0235.